The van der Waals surface area contributed by atoms with Gasteiger partial charge in [-0.25, -0.2) is 0 Å². The number of anilines is 1. The summed E-state index contributed by atoms with van der Waals surface area (Å²) in [5.74, 6) is 2.50. The Kier molecular flexibility index (Phi) is 8.47. The Morgan fingerprint density at radius 1 is 1.17 bits per heavy atom. The summed E-state index contributed by atoms with van der Waals surface area (Å²) < 4.78 is 5.53. The average Bonchev–Trinajstić information content (AvgIpc) is 3.25. The average molecular weight is 402 g/mol. The van der Waals surface area contributed by atoms with Crippen LogP contribution in [-0.2, 0) is 0 Å². The third kappa shape index (κ3) is 6.01. The summed E-state index contributed by atoms with van der Waals surface area (Å²) >= 11 is 0. The first-order valence-electron chi connectivity index (χ1n) is 11.3. The number of aliphatic imine (C=N–C) groups is 1. The zero-order valence-electron chi connectivity index (χ0n) is 18.5. The summed E-state index contributed by atoms with van der Waals surface area (Å²) in [6.07, 6.45) is 6.53. The van der Waals surface area contributed by atoms with E-state index in [1.165, 1.54) is 44.3 Å². The number of para-hydroxylation sites is 2. The maximum atomic E-state index is 5.53. The molecule has 0 spiro atoms. The van der Waals surface area contributed by atoms with E-state index in [9.17, 15) is 0 Å². The van der Waals surface area contributed by atoms with Crippen LogP contribution < -0.4 is 20.3 Å². The number of guanidine groups is 1. The first-order valence-corrected chi connectivity index (χ1v) is 11.3. The van der Waals surface area contributed by atoms with E-state index >= 15 is 0 Å². The minimum Gasteiger partial charge on any atom is -0.495 e. The van der Waals surface area contributed by atoms with E-state index in [0.29, 0.717) is 5.92 Å². The lowest BCUT2D eigenvalue weighted by Crippen LogP contribution is -2.46. The molecule has 1 aromatic rings. The van der Waals surface area contributed by atoms with Crippen molar-refractivity contribution < 1.29 is 4.74 Å². The number of nitrogens with zero attached hydrogens (tertiary/aromatic N) is 3. The number of hydrogen-bond acceptors (Lipinski definition) is 4. The van der Waals surface area contributed by atoms with Gasteiger partial charge in [-0.1, -0.05) is 25.5 Å². The molecule has 6 nitrogen and oxygen atoms in total. The minimum absolute atomic E-state index is 0.616. The molecule has 0 aromatic heterocycles. The standard InChI is InChI=1S/C23H39N5O/c1-4-20-9-7-8-14-27(20)16-13-25-23(24-2)26-17-19-12-15-28(18-19)21-10-5-6-11-22(21)29-3/h5-6,10-11,19-20H,4,7-9,12-18H2,1-3H3,(H2,24,25,26). The van der Waals surface area contributed by atoms with Crippen molar-refractivity contribution >= 4 is 11.6 Å². The van der Waals surface area contributed by atoms with E-state index in [1.54, 1.807) is 7.11 Å². The Morgan fingerprint density at radius 3 is 2.83 bits per heavy atom. The van der Waals surface area contributed by atoms with Crippen LogP contribution in [0.15, 0.2) is 29.3 Å². The molecule has 2 aliphatic rings. The van der Waals surface area contributed by atoms with Gasteiger partial charge < -0.3 is 20.3 Å². The molecule has 0 saturated carbocycles. The maximum absolute atomic E-state index is 5.53. The van der Waals surface area contributed by atoms with Gasteiger partial charge in [0.1, 0.15) is 5.75 Å². The number of hydrogen-bond donors (Lipinski definition) is 2. The van der Waals surface area contributed by atoms with Crippen LogP contribution in [0, 0.1) is 5.92 Å². The quantitative estimate of drug-likeness (QED) is 0.518. The molecule has 0 aliphatic carbocycles. The van der Waals surface area contributed by atoms with Crippen LogP contribution in [0.2, 0.25) is 0 Å². The van der Waals surface area contributed by atoms with E-state index in [1.807, 2.05) is 19.2 Å². The molecule has 2 atom stereocenters. The van der Waals surface area contributed by atoms with Crippen LogP contribution >= 0.6 is 0 Å². The largest absolute Gasteiger partial charge is 0.495 e. The summed E-state index contributed by atoms with van der Waals surface area (Å²) in [5, 5.41) is 7.05. The highest BCUT2D eigenvalue weighted by atomic mass is 16.5. The van der Waals surface area contributed by atoms with E-state index in [-0.39, 0.29) is 0 Å². The van der Waals surface area contributed by atoms with Gasteiger partial charge in [0.2, 0.25) is 0 Å². The molecule has 2 fully saturated rings. The number of likely N-dealkylation sites (tertiary alicyclic amines) is 1. The molecule has 162 valence electrons. The zero-order chi connectivity index (χ0) is 20.5. The zero-order valence-corrected chi connectivity index (χ0v) is 18.5. The first kappa shape index (κ1) is 21.8. The predicted octanol–water partition coefficient (Wildman–Crippen LogP) is 2.95. The Bertz CT molecular complexity index is 650. The van der Waals surface area contributed by atoms with Gasteiger partial charge in [-0.2, -0.15) is 0 Å². The molecule has 0 radical (unpaired) electrons. The van der Waals surface area contributed by atoms with Crippen LogP contribution in [0.4, 0.5) is 5.69 Å². The molecule has 3 rings (SSSR count). The second-order valence-electron chi connectivity index (χ2n) is 8.25. The summed E-state index contributed by atoms with van der Waals surface area (Å²) in [5.41, 5.74) is 1.20. The molecule has 29 heavy (non-hydrogen) atoms. The minimum atomic E-state index is 0.616. The molecular weight excluding hydrogens is 362 g/mol. The van der Waals surface area contributed by atoms with Crippen molar-refractivity contribution in [1.82, 2.24) is 15.5 Å². The lowest BCUT2D eigenvalue weighted by atomic mass is 10.0. The predicted molar refractivity (Wildman–Crippen MR) is 122 cm³/mol. The second-order valence-corrected chi connectivity index (χ2v) is 8.25. The van der Waals surface area contributed by atoms with E-state index in [4.69, 9.17) is 4.74 Å². The topological polar surface area (TPSA) is 52.1 Å². The molecule has 2 heterocycles. The van der Waals surface area contributed by atoms with Crippen LogP contribution in [0.25, 0.3) is 0 Å². The van der Waals surface area contributed by atoms with Crippen molar-refractivity contribution in [2.75, 3.05) is 58.3 Å². The number of ether oxygens (including phenoxy) is 1. The summed E-state index contributed by atoms with van der Waals surface area (Å²) in [6, 6.07) is 9.07. The highest BCUT2D eigenvalue weighted by Crippen LogP contribution is 2.31. The van der Waals surface area contributed by atoms with Gasteiger partial charge in [-0.3, -0.25) is 9.89 Å². The van der Waals surface area contributed by atoms with Crippen molar-refractivity contribution in [3.8, 4) is 5.75 Å². The fourth-order valence-electron chi connectivity index (χ4n) is 4.71. The number of piperidine rings is 1. The number of benzene rings is 1. The van der Waals surface area contributed by atoms with Gasteiger partial charge in [0.15, 0.2) is 5.96 Å². The van der Waals surface area contributed by atoms with Crippen molar-refractivity contribution in [3.63, 3.8) is 0 Å². The van der Waals surface area contributed by atoms with Gasteiger partial charge in [0, 0.05) is 45.8 Å². The molecule has 2 aliphatic heterocycles. The van der Waals surface area contributed by atoms with E-state index in [2.05, 4.69) is 44.5 Å². The molecule has 0 bridgehead atoms. The Labute approximate surface area is 176 Å². The van der Waals surface area contributed by atoms with E-state index < -0.39 is 0 Å². The fourth-order valence-corrected chi connectivity index (χ4v) is 4.71. The monoisotopic (exact) mass is 401 g/mol. The van der Waals surface area contributed by atoms with Crippen molar-refractivity contribution in [2.24, 2.45) is 10.9 Å². The molecule has 2 N–H and O–H groups in total. The van der Waals surface area contributed by atoms with Crippen LogP contribution in [-0.4, -0.2) is 70.3 Å². The van der Waals surface area contributed by atoms with E-state index in [0.717, 1.165) is 50.5 Å². The molecular formula is C23H39N5O. The van der Waals surface area contributed by atoms with Crippen molar-refractivity contribution in [2.45, 2.75) is 45.1 Å². The van der Waals surface area contributed by atoms with Crippen molar-refractivity contribution in [3.05, 3.63) is 24.3 Å². The van der Waals surface area contributed by atoms with Gasteiger partial charge in [-0.15, -0.1) is 0 Å². The van der Waals surface area contributed by atoms with Crippen LogP contribution in [0.5, 0.6) is 5.75 Å². The molecule has 2 unspecified atom stereocenters. The maximum Gasteiger partial charge on any atom is 0.191 e. The Morgan fingerprint density at radius 2 is 2.03 bits per heavy atom. The van der Waals surface area contributed by atoms with Crippen molar-refractivity contribution in [1.29, 1.82) is 0 Å². The Hall–Kier alpha value is -1.95. The summed E-state index contributed by atoms with van der Waals surface area (Å²) in [4.78, 5) is 9.50. The molecule has 0 amide bonds. The van der Waals surface area contributed by atoms with Crippen LogP contribution in [0.1, 0.15) is 39.0 Å². The molecule has 6 heteroatoms. The lowest BCUT2D eigenvalue weighted by Gasteiger charge is -2.35. The molecule has 2 saturated heterocycles. The van der Waals surface area contributed by atoms with Crippen LogP contribution in [0.3, 0.4) is 0 Å². The fraction of sp³-hybridized carbons (Fsp3) is 0.696. The number of nitrogens with one attached hydrogen (secondary N) is 2. The third-order valence-electron chi connectivity index (χ3n) is 6.41. The Balaban J connectivity index is 1.40. The lowest BCUT2D eigenvalue weighted by molar-refractivity contribution is 0.147. The highest BCUT2D eigenvalue weighted by molar-refractivity contribution is 5.79. The van der Waals surface area contributed by atoms with Gasteiger partial charge in [0.05, 0.1) is 12.8 Å². The molecule has 1 aromatic carbocycles. The first-order chi connectivity index (χ1) is 14.2. The normalized spacial score (nSPS) is 23.3. The smallest absolute Gasteiger partial charge is 0.191 e. The second kappa shape index (κ2) is 11.3. The summed E-state index contributed by atoms with van der Waals surface area (Å²) in [6.45, 7) is 8.69. The number of methoxy groups -OCH3 is 1. The SMILES string of the molecule is CCC1CCCCN1CCNC(=NC)NCC1CCN(c2ccccc2OC)C1. The van der Waals surface area contributed by atoms with Gasteiger partial charge in [-0.05, 0) is 50.3 Å². The third-order valence-corrected chi connectivity index (χ3v) is 6.41. The summed E-state index contributed by atoms with van der Waals surface area (Å²) in [7, 11) is 3.61. The van der Waals surface area contributed by atoms with Gasteiger partial charge >= 0.3 is 0 Å². The highest BCUT2D eigenvalue weighted by Gasteiger charge is 2.25. The van der Waals surface area contributed by atoms with Gasteiger partial charge in [0.25, 0.3) is 0 Å². The number of rotatable bonds is 8.